The molecule has 0 radical (unpaired) electrons. The number of nitrogens with zero attached hydrogens (tertiary/aromatic N) is 2. The summed E-state index contributed by atoms with van der Waals surface area (Å²) in [5.41, 5.74) is 0.349. The minimum atomic E-state index is 0.349. The molecule has 0 saturated carbocycles. The fraction of sp³-hybridized carbons (Fsp3) is 0.778. The van der Waals surface area contributed by atoms with Crippen molar-refractivity contribution in [2.75, 3.05) is 13.1 Å². The molecule has 0 atom stereocenters. The average Bonchev–Trinajstić information content (AvgIpc) is 2.48. The molecule has 0 fully saturated rings. The number of rotatable bonds is 4. The van der Waals surface area contributed by atoms with Crippen LogP contribution in [0.2, 0.25) is 0 Å². The highest BCUT2D eigenvalue weighted by Gasteiger charge is 2.08. The molecule has 74 valence electrons. The normalized spacial score (nSPS) is 11.9. The van der Waals surface area contributed by atoms with Gasteiger partial charge >= 0.3 is 0 Å². The Balaban J connectivity index is 2.09. The van der Waals surface area contributed by atoms with E-state index >= 15 is 0 Å². The standard InChI is InChI=1S/C9H18N4/c1-9(2,3)6-10-5-4-8-11-7-12-13-8/h7,10H,4-6H2,1-3H3,(H,11,12,13). The third kappa shape index (κ3) is 4.62. The minimum absolute atomic E-state index is 0.349. The van der Waals surface area contributed by atoms with Crippen LogP contribution in [0.25, 0.3) is 0 Å². The van der Waals surface area contributed by atoms with Crippen LogP contribution in [0.1, 0.15) is 26.6 Å². The van der Waals surface area contributed by atoms with Crippen LogP contribution in [0.4, 0.5) is 0 Å². The van der Waals surface area contributed by atoms with Gasteiger partial charge in [-0.1, -0.05) is 20.8 Å². The Hall–Kier alpha value is -0.900. The van der Waals surface area contributed by atoms with Gasteiger partial charge in [0.05, 0.1) is 0 Å². The van der Waals surface area contributed by atoms with E-state index in [1.165, 1.54) is 0 Å². The molecule has 0 aromatic carbocycles. The monoisotopic (exact) mass is 182 g/mol. The molecular formula is C9H18N4. The molecule has 4 heteroatoms. The summed E-state index contributed by atoms with van der Waals surface area (Å²) >= 11 is 0. The van der Waals surface area contributed by atoms with Crippen LogP contribution in [0, 0.1) is 5.41 Å². The zero-order chi connectivity index (χ0) is 9.73. The molecule has 0 aliphatic heterocycles. The summed E-state index contributed by atoms with van der Waals surface area (Å²) < 4.78 is 0. The Morgan fingerprint density at radius 3 is 2.77 bits per heavy atom. The van der Waals surface area contributed by atoms with E-state index in [1.807, 2.05) is 0 Å². The van der Waals surface area contributed by atoms with Gasteiger partial charge in [-0.2, -0.15) is 5.10 Å². The number of aromatic amines is 1. The van der Waals surface area contributed by atoms with Crippen molar-refractivity contribution in [1.29, 1.82) is 0 Å². The maximum atomic E-state index is 4.04. The third-order valence-corrected chi connectivity index (χ3v) is 1.66. The molecular weight excluding hydrogens is 164 g/mol. The lowest BCUT2D eigenvalue weighted by atomic mass is 9.97. The maximum absolute atomic E-state index is 4.04. The molecule has 0 spiro atoms. The van der Waals surface area contributed by atoms with Gasteiger partial charge in [0.25, 0.3) is 0 Å². The largest absolute Gasteiger partial charge is 0.316 e. The summed E-state index contributed by atoms with van der Waals surface area (Å²) in [5, 5.41) is 10.00. The lowest BCUT2D eigenvalue weighted by molar-refractivity contribution is 0.381. The Morgan fingerprint density at radius 1 is 1.46 bits per heavy atom. The summed E-state index contributed by atoms with van der Waals surface area (Å²) in [4.78, 5) is 4.04. The van der Waals surface area contributed by atoms with E-state index in [-0.39, 0.29) is 0 Å². The SMILES string of the molecule is CC(C)(C)CNCCc1ncn[nH]1. The van der Waals surface area contributed by atoms with Gasteiger partial charge in [0.15, 0.2) is 0 Å². The Bertz CT molecular complexity index is 222. The number of H-pyrrole nitrogens is 1. The Labute approximate surface area is 79.2 Å². The lowest BCUT2D eigenvalue weighted by Crippen LogP contribution is -2.28. The molecule has 0 saturated heterocycles. The van der Waals surface area contributed by atoms with E-state index < -0.39 is 0 Å². The van der Waals surface area contributed by atoms with Crippen molar-refractivity contribution in [2.24, 2.45) is 5.41 Å². The van der Waals surface area contributed by atoms with Crippen molar-refractivity contribution >= 4 is 0 Å². The molecule has 1 aromatic heterocycles. The minimum Gasteiger partial charge on any atom is -0.316 e. The van der Waals surface area contributed by atoms with E-state index in [0.717, 1.165) is 25.3 Å². The van der Waals surface area contributed by atoms with Gasteiger partial charge < -0.3 is 5.32 Å². The van der Waals surface area contributed by atoms with Crippen LogP contribution >= 0.6 is 0 Å². The van der Waals surface area contributed by atoms with Gasteiger partial charge in [-0.15, -0.1) is 0 Å². The second-order valence-corrected chi connectivity index (χ2v) is 4.42. The highest BCUT2D eigenvalue weighted by atomic mass is 15.2. The van der Waals surface area contributed by atoms with Crippen LogP contribution < -0.4 is 5.32 Å². The molecule has 0 aliphatic carbocycles. The first-order valence-corrected chi connectivity index (χ1v) is 4.63. The smallest absolute Gasteiger partial charge is 0.137 e. The second-order valence-electron chi connectivity index (χ2n) is 4.42. The van der Waals surface area contributed by atoms with E-state index in [4.69, 9.17) is 0 Å². The number of hydrogen-bond acceptors (Lipinski definition) is 3. The summed E-state index contributed by atoms with van der Waals surface area (Å²) in [6, 6.07) is 0. The number of nitrogens with one attached hydrogen (secondary N) is 2. The molecule has 2 N–H and O–H groups in total. The van der Waals surface area contributed by atoms with Crippen molar-refractivity contribution in [1.82, 2.24) is 20.5 Å². The third-order valence-electron chi connectivity index (χ3n) is 1.66. The Morgan fingerprint density at radius 2 is 2.23 bits per heavy atom. The van der Waals surface area contributed by atoms with Crippen molar-refractivity contribution in [3.63, 3.8) is 0 Å². The van der Waals surface area contributed by atoms with Gasteiger partial charge in [-0.3, -0.25) is 5.10 Å². The number of hydrogen-bond donors (Lipinski definition) is 2. The van der Waals surface area contributed by atoms with Crippen LogP contribution in [-0.4, -0.2) is 28.3 Å². The first kappa shape index (κ1) is 10.2. The van der Waals surface area contributed by atoms with E-state index in [2.05, 4.69) is 41.3 Å². The highest BCUT2D eigenvalue weighted by Crippen LogP contribution is 2.09. The van der Waals surface area contributed by atoms with E-state index in [9.17, 15) is 0 Å². The Kier molecular flexibility index (Phi) is 3.42. The van der Waals surface area contributed by atoms with Gasteiger partial charge in [-0.05, 0) is 5.41 Å². The molecule has 0 amide bonds. The van der Waals surface area contributed by atoms with Crippen LogP contribution in [0.3, 0.4) is 0 Å². The van der Waals surface area contributed by atoms with Crippen LogP contribution in [-0.2, 0) is 6.42 Å². The van der Waals surface area contributed by atoms with Crippen molar-refractivity contribution in [2.45, 2.75) is 27.2 Å². The van der Waals surface area contributed by atoms with Crippen molar-refractivity contribution in [3.8, 4) is 0 Å². The van der Waals surface area contributed by atoms with Gasteiger partial charge in [-0.25, -0.2) is 4.98 Å². The molecule has 0 aliphatic rings. The number of aromatic nitrogens is 3. The predicted octanol–water partition coefficient (Wildman–Crippen LogP) is 0.983. The first-order chi connectivity index (χ1) is 6.08. The average molecular weight is 182 g/mol. The molecule has 1 rings (SSSR count). The molecule has 13 heavy (non-hydrogen) atoms. The first-order valence-electron chi connectivity index (χ1n) is 4.63. The van der Waals surface area contributed by atoms with Crippen LogP contribution in [0.15, 0.2) is 6.33 Å². The highest BCUT2D eigenvalue weighted by molar-refractivity contribution is 4.80. The van der Waals surface area contributed by atoms with E-state index in [0.29, 0.717) is 5.41 Å². The zero-order valence-corrected chi connectivity index (χ0v) is 8.59. The maximum Gasteiger partial charge on any atom is 0.137 e. The fourth-order valence-corrected chi connectivity index (χ4v) is 1.02. The molecule has 1 heterocycles. The molecule has 0 bridgehead atoms. The lowest BCUT2D eigenvalue weighted by Gasteiger charge is -2.18. The topological polar surface area (TPSA) is 53.6 Å². The second kappa shape index (κ2) is 4.37. The van der Waals surface area contributed by atoms with E-state index in [1.54, 1.807) is 6.33 Å². The van der Waals surface area contributed by atoms with Gasteiger partial charge in [0.1, 0.15) is 12.2 Å². The summed E-state index contributed by atoms with van der Waals surface area (Å²) in [6.45, 7) is 8.63. The predicted molar refractivity (Wildman–Crippen MR) is 52.4 cm³/mol. The van der Waals surface area contributed by atoms with Gasteiger partial charge in [0, 0.05) is 19.5 Å². The van der Waals surface area contributed by atoms with Gasteiger partial charge in [0.2, 0.25) is 0 Å². The summed E-state index contributed by atoms with van der Waals surface area (Å²) in [6.07, 6.45) is 2.45. The van der Waals surface area contributed by atoms with Crippen molar-refractivity contribution < 1.29 is 0 Å². The fourth-order valence-electron chi connectivity index (χ4n) is 1.02. The summed E-state index contributed by atoms with van der Waals surface area (Å²) in [7, 11) is 0. The molecule has 1 aromatic rings. The summed E-state index contributed by atoms with van der Waals surface area (Å²) in [5.74, 6) is 0.946. The van der Waals surface area contributed by atoms with Crippen molar-refractivity contribution in [3.05, 3.63) is 12.2 Å². The van der Waals surface area contributed by atoms with Crippen LogP contribution in [0.5, 0.6) is 0 Å². The molecule has 0 unspecified atom stereocenters. The molecule has 4 nitrogen and oxygen atoms in total. The quantitative estimate of drug-likeness (QED) is 0.683. The zero-order valence-electron chi connectivity index (χ0n) is 8.59.